The normalized spacial score (nSPS) is 25.3. The molecule has 0 saturated carbocycles. The number of nitrogens with zero attached hydrogens (tertiary/aromatic N) is 2. The van der Waals surface area contributed by atoms with Gasteiger partial charge in [0.2, 0.25) is 11.8 Å². The van der Waals surface area contributed by atoms with Gasteiger partial charge in [-0.3, -0.25) is 9.59 Å². The highest BCUT2D eigenvalue weighted by molar-refractivity contribution is 7.99. The highest BCUT2D eigenvalue weighted by Crippen LogP contribution is 2.28. The van der Waals surface area contributed by atoms with E-state index in [9.17, 15) is 9.59 Å². The Labute approximate surface area is 143 Å². The van der Waals surface area contributed by atoms with Crippen molar-refractivity contribution in [3.63, 3.8) is 0 Å². The fourth-order valence-electron chi connectivity index (χ4n) is 2.88. The Morgan fingerprint density at radius 1 is 1.32 bits per heavy atom. The summed E-state index contributed by atoms with van der Waals surface area (Å²) in [6.45, 7) is 8.32. The summed E-state index contributed by atoms with van der Waals surface area (Å²) in [5.41, 5.74) is 5.64. The number of hydrogen-bond donors (Lipinski definition) is 1. The van der Waals surface area contributed by atoms with E-state index in [0.717, 1.165) is 25.3 Å². The summed E-state index contributed by atoms with van der Waals surface area (Å²) in [7, 11) is 0. The molecule has 0 radical (unpaired) electrons. The van der Waals surface area contributed by atoms with Gasteiger partial charge in [-0.15, -0.1) is 24.2 Å². The molecule has 2 aliphatic rings. The number of hydrogen-bond acceptors (Lipinski definition) is 4. The van der Waals surface area contributed by atoms with Crippen LogP contribution >= 0.6 is 24.2 Å². The fourth-order valence-corrected chi connectivity index (χ4v) is 4.06. The van der Waals surface area contributed by atoms with E-state index >= 15 is 0 Å². The number of carbonyl (C=O) groups is 2. The molecule has 0 aromatic carbocycles. The zero-order valence-electron chi connectivity index (χ0n) is 13.7. The van der Waals surface area contributed by atoms with Crippen molar-refractivity contribution in [3.8, 4) is 0 Å². The number of carbonyl (C=O) groups excluding carboxylic acids is 2. The van der Waals surface area contributed by atoms with Crippen LogP contribution < -0.4 is 5.73 Å². The van der Waals surface area contributed by atoms with Gasteiger partial charge in [-0.25, -0.2) is 0 Å². The molecule has 0 aliphatic carbocycles. The van der Waals surface area contributed by atoms with Gasteiger partial charge in [0, 0.05) is 25.3 Å². The Morgan fingerprint density at radius 3 is 2.55 bits per heavy atom. The molecule has 0 bridgehead atoms. The molecule has 2 saturated heterocycles. The van der Waals surface area contributed by atoms with E-state index < -0.39 is 0 Å². The first-order chi connectivity index (χ1) is 9.81. The third-order valence-corrected chi connectivity index (χ3v) is 5.11. The van der Waals surface area contributed by atoms with Crippen LogP contribution in [-0.4, -0.2) is 58.9 Å². The van der Waals surface area contributed by atoms with E-state index in [4.69, 9.17) is 5.73 Å². The molecule has 2 aliphatic heterocycles. The van der Waals surface area contributed by atoms with Crippen LogP contribution in [0, 0.1) is 11.3 Å². The van der Waals surface area contributed by atoms with Gasteiger partial charge >= 0.3 is 0 Å². The summed E-state index contributed by atoms with van der Waals surface area (Å²) in [6.07, 6.45) is 1.47. The summed E-state index contributed by atoms with van der Waals surface area (Å²) < 4.78 is 0. The van der Waals surface area contributed by atoms with Crippen LogP contribution in [-0.2, 0) is 9.59 Å². The zero-order chi connectivity index (χ0) is 15.6. The maximum absolute atomic E-state index is 12.7. The van der Waals surface area contributed by atoms with Crippen molar-refractivity contribution in [2.24, 2.45) is 17.1 Å². The standard InChI is InChI=1S/C15H27N3O2S.ClH/c1-15(2,3)6-13(19)18-10-21-9-12(18)14(20)17-5-4-11(7-16)8-17;/h11-12H,4-10,16H2,1-3H3;1H. The number of amides is 2. The largest absolute Gasteiger partial charge is 0.341 e. The van der Waals surface area contributed by atoms with Crippen molar-refractivity contribution in [1.82, 2.24) is 9.80 Å². The molecule has 7 heteroatoms. The molecule has 2 unspecified atom stereocenters. The highest BCUT2D eigenvalue weighted by atomic mass is 35.5. The number of thioether (sulfide) groups is 1. The predicted octanol–water partition coefficient (Wildman–Crippen LogP) is 1.55. The summed E-state index contributed by atoms with van der Waals surface area (Å²) in [4.78, 5) is 28.8. The van der Waals surface area contributed by atoms with E-state index in [1.54, 1.807) is 16.7 Å². The monoisotopic (exact) mass is 349 g/mol. The van der Waals surface area contributed by atoms with Crippen molar-refractivity contribution in [3.05, 3.63) is 0 Å². The van der Waals surface area contributed by atoms with Gasteiger partial charge in [0.25, 0.3) is 0 Å². The van der Waals surface area contributed by atoms with Crippen LogP contribution in [0.1, 0.15) is 33.6 Å². The van der Waals surface area contributed by atoms with E-state index in [1.807, 2.05) is 4.90 Å². The SMILES string of the molecule is CC(C)(C)CC(=O)N1CSCC1C(=O)N1CCC(CN)C1.Cl. The second-order valence-electron chi connectivity index (χ2n) is 7.29. The highest BCUT2D eigenvalue weighted by Gasteiger charge is 2.39. The molecular formula is C15H28ClN3O2S. The van der Waals surface area contributed by atoms with Crippen LogP contribution in [0.4, 0.5) is 0 Å². The van der Waals surface area contributed by atoms with Gasteiger partial charge in [-0.2, -0.15) is 0 Å². The molecule has 2 atom stereocenters. The average Bonchev–Trinajstić information content (AvgIpc) is 3.05. The molecule has 5 nitrogen and oxygen atoms in total. The molecule has 128 valence electrons. The Morgan fingerprint density at radius 2 is 2.00 bits per heavy atom. The van der Waals surface area contributed by atoms with Crippen LogP contribution in [0.3, 0.4) is 0 Å². The quantitative estimate of drug-likeness (QED) is 0.839. The maximum atomic E-state index is 12.7. The first-order valence-electron chi connectivity index (χ1n) is 7.68. The molecule has 0 aromatic rings. The van der Waals surface area contributed by atoms with Crippen molar-refractivity contribution < 1.29 is 9.59 Å². The van der Waals surface area contributed by atoms with Crippen LogP contribution in [0.2, 0.25) is 0 Å². The van der Waals surface area contributed by atoms with Crippen molar-refractivity contribution in [2.45, 2.75) is 39.7 Å². The minimum atomic E-state index is -0.277. The molecule has 2 amide bonds. The second kappa shape index (κ2) is 7.88. The molecular weight excluding hydrogens is 322 g/mol. The van der Waals surface area contributed by atoms with E-state index in [2.05, 4.69) is 20.8 Å². The Kier molecular flexibility index (Phi) is 7.02. The maximum Gasteiger partial charge on any atom is 0.246 e. The Bertz CT molecular complexity index is 414. The second-order valence-corrected chi connectivity index (χ2v) is 8.29. The molecule has 2 fully saturated rings. The molecule has 0 spiro atoms. The summed E-state index contributed by atoms with van der Waals surface area (Å²) in [5.74, 6) is 1.98. The van der Waals surface area contributed by atoms with Gasteiger partial charge in [-0.05, 0) is 24.3 Å². The number of halogens is 1. The molecule has 2 heterocycles. The third kappa shape index (κ3) is 4.77. The predicted molar refractivity (Wildman–Crippen MR) is 93.0 cm³/mol. The molecule has 2 N–H and O–H groups in total. The van der Waals surface area contributed by atoms with E-state index in [0.29, 0.717) is 24.8 Å². The smallest absolute Gasteiger partial charge is 0.246 e. The first kappa shape index (κ1) is 19.6. The van der Waals surface area contributed by atoms with Gasteiger partial charge < -0.3 is 15.5 Å². The van der Waals surface area contributed by atoms with Crippen LogP contribution in [0.5, 0.6) is 0 Å². The lowest BCUT2D eigenvalue weighted by atomic mass is 9.91. The summed E-state index contributed by atoms with van der Waals surface area (Å²) >= 11 is 1.67. The lowest BCUT2D eigenvalue weighted by Gasteiger charge is -2.29. The van der Waals surface area contributed by atoms with E-state index in [1.165, 1.54) is 0 Å². The van der Waals surface area contributed by atoms with Gasteiger partial charge in [0.1, 0.15) is 6.04 Å². The van der Waals surface area contributed by atoms with Gasteiger partial charge in [0.05, 0.1) is 5.88 Å². The zero-order valence-corrected chi connectivity index (χ0v) is 15.3. The minimum absolute atomic E-state index is 0. The molecule has 0 aromatic heterocycles. The minimum Gasteiger partial charge on any atom is -0.341 e. The molecule has 22 heavy (non-hydrogen) atoms. The number of nitrogens with two attached hydrogens (primary N) is 1. The number of likely N-dealkylation sites (tertiary alicyclic amines) is 1. The molecule has 2 rings (SSSR count). The Balaban J connectivity index is 0.00000242. The fraction of sp³-hybridized carbons (Fsp3) is 0.867. The number of rotatable bonds is 3. The lowest BCUT2D eigenvalue weighted by Crippen LogP contribution is -2.49. The van der Waals surface area contributed by atoms with Gasteiger partial charge in [0.15, 0.2) is 0 Å². The topological polar surface area (TPSA) is 66.6 Å². The van der Waals surface area contributed by atoms with Crippen LogP contribution in [0.25, 0.3) is 0 Å². The first-order valence-corrected chi connectivity index (χ1v) is 8.83. The lowest BCUT2D eigenvalue weighted by molar-refractivity contribution is -0.143. The van der Waals surface area contributed by atoms with Gasteiger partial charge in [-0.1, -0.05) is 20.8 Å². The van der Waals surface area contributed by atoms with E-state index in [-0.39, 0.29) is 35.7 Å². The van der Waals surface area contributed by atoms with Crippen LogP contribution in [0.15, 0.2) is 0 Å². The Hall–Kier alpha value is -0.460. The van der Waals surface area contributed by atoms with Crippen molar-refractivity contribution in [1.29, 1.82) is 0 Å². The summed E-state index contributed by atoms with van der Waals surface area (Å²) in [6, 6.07) is -0.277. The average molecular weight is 350 g/mol. The third-order valence-electron chi connectivity index (χ3n) is 4.10. The van der Waals surface area contributed by atoms with Crippen molar-refractivity contribution in [2.75, 3.05) is 31.3 Å². The summed E-state index contributed by atoms with van der Waals surface area (Å²) in [5, 5.41) is 0. The van der Waals surface area contributed by atoms with Crippen molar-refractivity contribution >= 4 is 36.0 Å².